The molecule has 0 unspecified atom stereocenters. The highest BCUT2D eigenvalue weighted by molar-refractivity contribution is 8.01. The molecular formula is C17H20N4O4S2. The molecule has 0 spiro atoms. The number of aryl methyl sites for hydroxylation is 1. The third kappa shape index (κ3) is 8.18. The van der Waals surface area contributed by atoms with Crippen molar-refractivity contribution in [2.45, 2.75) is 24.1 Å². The van der Waals surface area contributed by atoms with Crippen molar-refractivity contribution in [3.8, 4) is 0 Å². The minimum atomic E-state index is -0.479. The summed E-state index contributed by atoms with van der Waals surface area (Å²) in [7, 11) is 0. The van der Waals surface area contributed by atoms with Gasteiger partial charge in [0.1, 0.15) is 6.54 Å². The van der Waals surface area contributed by atoms with Crippen LogP contribution in [0.4, 0.5) is 5.13 Å². The Balaban J connectivity index is 1.68. The molecule has 0 atom stereocenters. The Kier molecular flexibility index (Phi) is 8.72. The van der Waals surface area contributed by atoms with Crippen LogP contribution < -0.4 is 10.6 Å². The predicted octanol–water partition coefficient (Wildman–Crippen LogP) is 1.88. The normalized spacial score (nSPS) is 10.3. The first-order valence-corrected chi connectivity index (χ1v) is 10.1. The van der Waals surface area contributed by atoms with Gasteiger partial charge in [0.2, 0.25) is 16.9 Å². The first-order chi connectivity index (χ1) is 13.1. The van der Waals surface area contributed by atoms with Gasteiger partial charge in [0, 0.05) is 6.42 Å². The van der Waals surface area contributed by atoms with Crippen molar-refractivity contribution in [2.75, 3.05) is 24.2 Å². The van der Waals surface area contributed by atoms with Gasteiger partial charge in [-0.25, -0.2) is 0 Å². The SMILES string of the molecule is CCOC(=O)CNC(=O)CSc1nnc(NC(=O)CCc2ccccc2)s1. The van der Waals surface area contributed by atoms with Crippen LogP contribution in [0.1, 0.15) is 18.9 Å². The number of nitrogens with one attached hydrogen (secondary N) is 2. The number of ether oxygens (including phenoxy) is 1. The lowest BCUT2D eigenvalue weighted by atomic mass is 10.1. The zero-order valence-corrected chi connectivity index (χ0v) is 16.4. The van der Waals surface area contributed by atoms with E-state index >= 15 is 0 Å². The lowest BCUT2D eigenvalue weighted by molar-refractivity contribution is -0.143. The summed E-state index contributed by atoms with van der Waals surface area (Å²) in [5, 5.41) is 13.4. The number of carbonyl (C=O) groups is 3. The van der Waals surface area contributed by atoms with Gasteiger partial charge < -0.3 is 15.4 Å². The van der Waals surface area contributed by atoms with E-state index in [0.717, 1.165) is 5.56 Å². The second kappa shape index (κ2) is 11.3. The Hall–Kier alpha value is -2.46. The molecule has 2 rings (SSSR count). The molecule has 1 aromatic carbocycles. The number of hydrogen-bond acceptors (Lipinski definition) is 8. The van der Waals surface area contributed by atoms with E-state index in [-0.39, 0.29) is 30.7 Å². The molecule has 2 aromatic rings. The van der Waals surface area contributed by atoms with Crippen molar-refractivity contribution >= 4 is 46.0 Å². The van der Waals surface area contributed by atoms with Crippen LogP contribution in [0.5, 0.6) is 0 Å². The number of hydrogen-bond donors (Lipinski definition) is 2. The average molecular weight is 409 g/mol. The van der Waals surface area contributed by atoms with Gasteiger partial charge in [0.15, 0.2) is 4.34 Å². The van der Waals surface area contributed by atoms with E-state index in [4.69, 9.17) is 4.74 Å². The molecule has 0 radical (unpaired) electrons. The van der Waals surface area contributed by atoms with Crippen LogP contribution >= 0.6 is 23.1 Å². The number of carbonyl (C=O) groups excluding carboxylic acids is 3. The lowest BCUT2D eigenvalue weighted by Crippen LogP contribution is -2.31. The molecular weight excluding hydrogens is 388 g/mol. The third-order valence-electron chi connectivity index (χ3n) is 3.20. The third-order valence-corrected chi connectivity index (χ3v) is 5.17. The maximum atomic E-state index is 12.0. The number of aromatic nitrogens is 2. The van der Waals surface area contributed by atoms with Crippen molar-refractivity contribution in [1.29, 1.82) is 0 Å². The second-order valence-corrected chi connectivity index (χ2v) is 7.48. The predicted molar refractivity (Wildman–Crippen MR) is 104 cm³/mol. The Morgan fingerprint density at radius 2 is 1.93 bits per heavy atom. The summed E-state index contributed by atoms with van der Waals surface area (Å²) in [5.74, 6) is -0.835. The molecule has 8 nitrogen and oxygen atoms in total. The molecule has 1 aromatic heterocycles. The van der Waals surface area contributed by atoms with E-state index < -0.39 is 5.97 Å². The summed E-state index contributed by atoms with van der Waals surface area (Å²) in [6.07, 6.45) is 0.996. The number of rotatable bonds is 10. The molecule has 0 aliphatic heterocycles. The molecule has 2 amide bonds. The maximum absolute atomic E-state index is 12.0. The number of amides is 2. The monoisotopic (exact) mass is 408 g/mol. The van der Waals surface area contributed by atoms with Crippen molar-refractivity contribution < 1.29 is 19.1 Å². The van der Waals surface area contributed by atoms with E-state index in [0.29, 0.717) is 22.3 Å². The van der Waals surface area contributed by atoms with E-state index in [1.54, 1.807) is 6.92 Å². The highest BCUT2D eigenvalue weighted by Gasteiger charge is 2.11. The molecule has 0 aliphatic carbocycles. The fraction of sp³-hybridized carbons (Fsp3) is 0.353. The number of thioether (sulfide) groups is 1. The molecule has 27 heavy (non-hydrogen) atoms. The minimum Gasteiger partial charge on any atom is -0.465 e. The topological polar surface area (TPSA) is 110 Å². The van der Waals surface area contributed by atoms with Crippen LogP contribution in [-0.4, -0.2) is 46.9 Å². The van der Waals surface area contributed by atoms with Crippen LogP contribution in [0.2, 0.25) is 0 Å². The number of nitrogens with zero attached hydrogens (tertiary/aromatic N) is 2. The summed E-state index contributed by atoms with van der Waals surface area (Å²) >= 11 is 2.38. The highest BCUT2D eigenvalue weighted by atomic mass is 32.2. The molecule has 10 heteroatoms. The molecule has 0 saturated heterocycles. The van der Waals surface area contributed by atoms with Crippen LogP contribution in [0.25, 0.3) is 0 Å². The van der Waals surface area contributed by atoms with Gasteiger partial charge in [-0.1, -0.05) is 53.4 Å². The minimum absolute atomic E-state index is 0.0932. The van der Waals surface area contributed by atoms with Crippen LogP contribution in [0, 0.1) is 0 Å². The average Bonchev–Trinajstić information content (AvgIpc) is 3.11. The molecule has 0 aliphatic rings. The number of esters is 1. The summed E-state index contributed by atoms with van der Waals surface area (Å²) in [6, 6.07) is 9.75. The Morgan fingerprint density at radius 3 is 2.67 bits per heavy atom. The Morgan fingerprint density at radius 1 is 1.15 bits per heavy atom. The van der Waals surface area contributed by atoms with Crippen LogP contribution in [0.3, 0.4) is 0 Å². The van der Waals surface area contributed by atoms with E-state index in [9.17, 15) is 14.4 Å². The van der Waals surface area contributed by atoms with Crippen molar-refractivity contribution in [1.82, 2.24) is 15.5 Å². The van der Waals surface area contributed by atoms with Crippen molar-refractivity contribution in [2.24, 2.45) is 0 Å². The fourth-order valence-corrected chi connectivity index (χ4v) is 3.56. The van der Waals surface area contributed by atoms with Crippen LogP contribution in [0.15, 0.2) is 34.7 Å². The standard InChI is InChI=1S/C17H20N4O4S2/c1-2-25-15(24)10-18-14(23)11-26-17-21-20-16(27-17)19-13(22)9-8-12-6-4-3-5-7-12/h3-7H,2,8-11H2,1H3,(H,18,23)(H,19,20,22). The number of benzene rings is 1. The Bertz CT molecular complexity index is 767. The molecule has 144 valence electrons. The summed E-state index contributed by atoms with van der Waals surface area (Å²) in [6.45, 7) is 1.81. The van der Waals surface area contributed by atoms with Crippen molar-refractivity contribution in [3.63, 3.8) is 0 Å². The molecule has 0 fully saturated rings. The van der Waals surface area contributed by atoms with Crippen molar-refractivity contribution in [3.05, 3.63) is 35.9 Å². The van der Waals surface area contributed by atoms with Gasteiger partial charge in [-0.15, -0.1) is 10.2 Å². The van der Waals surface area contributed by atoms with Gasteiger partial charge in [0.05, 0.1) is 12.4 Å². The van der Waals surface area contributed by atoms with E-state index in [1.807, 2.05) is 30.3 Å². The zero-order chi connectivity index (χ0) is 19.5. The van der Waals surface area contributed by atoms with Gasteiger partial charge in [-0.3, -0.25) is 14.4 Å². The van der Waals surface area contributed by atoms with Gasteiger partial charge in [-0.05, 0) is 18.9 Å². The molecule has 2 N–H and O–H groups in total. The first kappa shape index (κ1) is 20.8. The summed E-state index contributed by atoms with van der Waals surface area (Å²) in [4.78, 5) is 34.8. The van der Waals surface area contributed by atoms with Crippen LogP contribution in [-0.2, 0) is 25.5 Å². The Labute approximate surface area is 165 Å². The summed E-state index contributed by atoms with van der Waals surface area (Å²) in [5.41, 5.74) is 1.09. The quantitative estimate of drug-likeness (QED) is 0.351. The van der Waals surface area contributed by atoms with Gasteiger partial charge in [0.25, 0.3) is 0 Å². The molecule has 1 heterocycles. The number of anilines is 1. The first-order valence-electron chi connectivity index (χ1n) is 8.29. The van der Waals surface area contributed by atoms with Gasteiger partial charge in [-0.2, -0.15) is 0 Å². The largest absolute Gasteiger partial charge is 0.465 e. The molecule has 0 saturated carbocycles. The summed E-state index contributed by atoms with van der Waals surface area (Å²) < 4.78 is 5.28. The lowest BCUT2D eigenvalue weighted by Gasteiger charge is -2.03. The highest BCUT2D eigenvalue weighted by Crippen LogP contribution is 2.25. The second-order valence-electron chi connectivity index (χ2n) is 5.28. The smallest absolute Gasteiger partial charge is 0.325 e. The van der Waals surface area contributed by atoms with Gasteiger partial charge >= 0.3 is 5.97 Å². The van der Waals surface area contributed by atoms with E-state index in [1.165, 1.54) is 23.1 Å². The maximum Gasteiger partial charge on any atom is 0.325 e. The fourth-order valence-electron chi connectivity index (χ4n) is 1.96. The zero-order valence-electron chi connectivity index (χ0n) is 14.8. The van der Waals surface area contributed by atoms with E-state index in [2.05, 4.69) is 20.8 Å². The molecule has 0 bridgehead atoms.